The first-order chi connectivity index (χ1) is 13.4. The molecule has 150 valence electrons. The molecular formula is C20H24ClN3O3S. The van der Waals surface area contributed by atoms with Gasteiger partial charge in [-0.05, 0) is 42.7 Å². The molecule has 1 amide bonds. The maximum atomic E-state index is 12.4. The molecule has 0 aliphatic carbocycles. The van der Waals surface area contributed by atoms with Gasteiger partial charge in [0.25, 0.3) is 0 Å². The van der Waals surface area contributed by atoms with E-state index in [0.29, 0.717) is 44.0 Å². The molecule has 0 aromatic heterocycles. The second kappa shape index (κ2) is 9.52. The standard InChI is InChI=1S/C20H24ClN3O3S/c21-17-6-4-5-16(13-17)14-22-20(25)15-24-11-9-18(10-12-24)23-28(26,27)19-7-2-1-3-8-19/h1-8,13,18,23H,9-12,14-15H2,(H,22,25). The molecule has 1 aliphatic heterocycles. The number of amides is 1. The zero-order valence-electron chi connectivity index (χ0n) is 15.5. The van der Waals surface area contributed by atoms with Gasteiger partial charge in [0.1, 0.15) is 0 Å². The van der Waals surface area contributed by atoms with Crippen LogP contribution in [0.5, 0.6) is 0 Å². The van der Waals surface area contributed by atoms with Gasteiger partial charge in [-0.2, -0.15) is 0 Å². The molecule has 0 atom stereocenters. The van der Waals surface area contributed by atoms with Crippen molar-refractivity contribution in [3.63, 3.8) is 0 Å². The average molecular weight is 422 g/mol. The van der Waals surface area contributed by atoms with Gasteiger partial charge >= 0.3 is 0 Å². The molecule has 1 fully saturated rings. The number of carbonyl (C=O) groups is 1. The summed E-state index contributed by atoms with van der Waals surface area (Å²) in [6.45, 7) is 2.09. The molecule has 1 aliphatic rings. The van der Waals surface area contributed by atoms with Crippen molar-refractivity contribution in [3.05, 3.63) is 65.2 Å². The molecule has 2 aromatic carbocycles. The summed E-state index contributed by atoms with van der Waals surface area (Å²) < 4.78 is 27.6. The predicted octanol–water partition coefficient (Wildman–Crippen LogP) is 2.40. The normalized spacial score (nSPS) is 16.0. The summed E-state index contributed by atoms with van der Waals surface area (Å²) in [7, 11) is -3.50. The highest BCUT2D eigenvalue weighted by atomic mass is 35.5. The van der Waals surface area contributed by atoms with Crippen LogP contribution in [0, 0.1) is 0 Å². The Morgan fingerprint density at radius 1 is 1.07 bits per heavy atom. The lowest BCUT2D eigenvalue weighted by molar-refractivity contribution is -0.122. The highest BCUT2D eigenvalue weighted by Crippen LogP contribution is 2.15. The van der Waals surface area contributed by atoms with E-state index in [-0.39, 0.29) is 16.8 Å². The van der Waals surface area contributed by atoms with Crippen LogP contribution in [-0.4, -0.2) is 44.9 Å². The van der Waals surface area contributed by atoms with E-state index >= 15 is 0 Å². The smallest absolute Gasteiger partial charge is 0.240 e. The summed E-state index contributed by atoms with van der Waals surface area (Å²) >= 11 is 5.94. The molecule has 0 unspecified atom stereocenters. The Morgan fingerprint density at radius 3 is 2.46 bits per heavy atom. The fourth-order valence-electron chi connectivity index (χ4n) is 3.20. The Labute approximate surface area is 170 Å². The molecular weight excluding hydrogens is 398 g/mol. The first-order valence-electron chi connectivity index (χ1n) is 9.23. The molecule has 3 rings (SSSR count). The monoisotopic (exact) mass is 421 g/mol. The van der Waals surface area contributed by atoms with Crippen molar-refractivity contribution < 1.29 is 13.2 Å². The number of piperidine rings is 1. The lowest BCUT2D eigenvalue weighted by atomic mass is 10.1. The van der Waals surface area contributed by atoms with Crippen molar-refractivity contribution in [2.45, 2.75) is 30.3 Å². The highest BCUT2D eigenvalue weighted by molar-refractivity contribution is 7.89. The lowest BCUT2D eigenvalue weighted by Crippen LogP contribution is -2.47. The Balaban J connectivity index is 1.42. The fraction of sp³-hybridized carbons (Fsp3) is 0.350. The Hall–Kier alpha value is -1.93. The highest BCUT2D eigenvalue weighted by Gasteiger charge is 2.25. The number of hydrogen-bond acceptors (Lipinski definition) is 4. The molecule has 2 aromatic rings. The maximum Gasteiger partial charge on any atom is 0.240 e. The molecule has 2 N–H and O–H groups in total. The maximum absolute atomic E-state index is 12.4. The first-order valence-corrected chi connectivity index (χ1v) is 11.1. The van der Waals surface area contributed by atoms with Gasteiger partial charge in [0, 0.05) is 30.7 Å². The van der Waals surface area contributed by atoms with Crippen molar-refractivity contribution in [2.75, 3.05) is 19.6 Å². The Morgan fingerprint density at radius 2 is 1.79 bits per heavy atom. The number of sulfonamides is 1. The van der Waals surface area contributed by atoms with E-state index < -0.39 is 10.0 Å². The summed E-state index contributed by atoms with van der Waals surface area (Å²) in [5, 5.41) is 3.54. The molecule has 28 heavy (non-hydrogen) atoms. The van der Waals surface area contributed by atoms with Crippen molar-refractivity contribution in [1.82, 2.24) is 14.9 Å². The van der Waals surface area contributed by atoms with Crippen LogP contribution in [0.15, 0.2) is 59.5 Å². The van der Waals surface area contributed by atoms with Crippen LogP contribution in [0.3, 0.4) is 0 Å². The quantitative estimate of drug-likeness (QED) is 0.719. The van der Waals surface area contributed by atoms with Crippen LogP contribution in [0.25, 0.3) is 0 Å². The molecule has 0 bridgehead atoms. The fourth-order valence-corrected chi connectivity index (χ4v) is 4.74. The van der Waals surface area contributed by atoms with E-state index in [2.05, 4.69) is 10.0 Å². The number of halogens is 1. The predicted molar refractivity (Wildman–Crippen MR) is 110 cm³/mol. The third kappa shape index (κ3) is 6.04. The third-order valence-corrected chi connectivity index (χ3v) is 6.48. The molecule has 1 saturated heterocycles. The van der Waals surface area contributed by atoms with Crippen LogP contribution < -0.4 is 10.0 Å². The first kappa shape index (κ1) is 20.8. The van der Waals surface area contributed by atoms with Crippen LogP contribution in [0.1, 0.15) is 18.4 Å². The number of rotatable bonds is 7. The van der Waals surface area contributed by atoms with Crippen LogP contribution >= 0.6 is 11.6 Å². The van der Waals surface area contributed by atoms with Crippen LogP contribution in [0.4, 0.5) is 0 Å². The number of nitrogens with one attached hydrogen (secondary N) is 2. The lowest BCUT2D eigenvalue weighted by Gasteiger charge is -2.31. The van der Waals surface area contributed by atoms with Gasteiger partial charge in [0.05, 0.1) is 11.4 Å². The number of benzene rings is 2. The van der Waals surface area contributed by atoms with E-state index in [0.717, 1.165) is 5.56 Å². The van der Waals surface area contributed by atoms with Gasteiger partial charge in [0.15, 0.2) is 0 Å². The zero-order chi connectivity index (χ0) is 20.0. The van der Waals surface area contributed by atoms with Gasteiger partial charge in [-0.1, -0.05) is 41.9 Å². The Bertz CT molecular complexity index is 898. The van der Waals surface area contributed by atoms with E-state index in [1.807, 2.05) is 23.1 Å². The topological polar surface area (TPSA) is 78.5 Å². The van der Waals surface area contributed by atoms with Crippen molar-refractivity contribution in [1.29, 1.82) is 0 Å². The van der Waals surface area contributed by atoms with Gasteiger partial charge in [-0.15, -0.1) is 0 Å². The second-order valence-corrected chi connectivity index (χ2v) is 9.04. The summed E-state index contributed by atoms with van der Waals surface area (Å²) in [6, 6.07) is 15.6. The molecule has 1 heterocycles. The molecule has 0 radical (unpaired) electrons. The number of nitrogens with zero attached hydrogens (tertiary/aromatic N) is 1. The average Bonchev–Trinajstić information content (AvgIpc) is 2.68. The van der Waals surface area contributed by atoms with Crippen LogP contribution in [-0.2, 0) is 21.4 Å². The molecule has 8 heteroatoms. The van der Waals surface area contributed by atoms with Crippen molar-refractivity contribution >= 4 is 27.5 Å². The minimum Gasteiger partial charge on any atom is -0.351 e. The third-order valence-electron chi connectivity index (χ3n) is 4.71. The van der Waals surface area contributed by atoms with Crippen molar-refractivity contribution in [2.24, 2.45) is 0 Å². The minimum atomic E-state index is -3.50. The Kier molecular flexibility index (Phi) is 7.07. The minimum absolute atomic E-state index is 0.0525. The second-order valence-electron chi connectivity index (χ2n) is 6.89. The van der Waals surface area contributed by atoms with E-state index in [1.165, 1.54) is 0 Å². The van der Waals surface area contributed by atoms with Gasteiger partial charge in [-0.25, -0.2) is 13.1 Å². The number of carbonyl (C=O) groups excluding carboxylic acids is 1. The van der Waals surface area contributed by atoms with E-state index in [1.54, 1.807) is 36.4 Å². The summed E-state index contributed by atoms with van der Waals surface area (Å²) in [6.07, 6.45) is 1.35. The summed E-state index contributed by atoms with van der Waals surface area (Å²) in [5.74, 6) is -0.0525. The van der Waals surface area contributed by atoms with Crippen molar-refractivity contribution in [3.8, 4) is 0 Å². The molecule has 0 saturated carbocycles. The van der Waals surface area contributed by atoms with Gasteiger partial charge in [-0.3, -0.25) is 9.69 Å². The van der Waals surface area contributed by atoms with E-state index in [9.17, 15) is 13.2 Å². The SMILES string of the molecule is O=C(CN1CCC(NS(=O)(=O)c2ccccc2)CC1)NCc1cccc(Cl)c1. The van der Waals surface area contributed by atoms with E-state index in [4.69, 9.17) is 11.6 Å². The summed E-state index contributed by atoms with van der Waals surface area (Å²) in [5.41, 5.74) is 0.954. The number of likely N-dealkylation sites (tertiary alicyclic amines) is 1. The zero-order valence-corrected chi connectivity index (χ0v) is 17.0. The van der Waals surface area contributed by atoms with Crippen LogP contribution in [0.2, 0.25) is 5.02 Å². The molecule has 6 nitrogen and oxygen atoms in total. The summed E-state index contributed by atoms with van der Waals surface area (Å²) in [4.78, 5) is 14.5. The van der Waals surface area contributed by atoms with Gasteiger partial charge in [0.2, 0.25) is 15.9 Å². The molecule has 0 spiro atoms. The van der Waals surface area contributed by atoms with Gasteiger partial charge < -0.3 is 5.32 Å². The number of hydrogen-bond donors (Lipinski definition) is 2. The largest absolute Gasteiger partial charge is 0.351 e.